The summed E-state index contributed by atoms with van der Waals surface area (Å²) in [5, 5.41) is 3.51. The van der Waals surface area contributed by atoms with Crippen LogP contribution in [0.1, 0.15) is 57.8 Å². The minimum atomic E-state index is 0. The van der Waals surface area contributed by atoms with Crippen LogP contribution in [0.3, 0.4) is 0 Å². The molecule has 0 saturated heterocycles. The summed E-state index contributed by atoms with van der Waals surface area (Å²) in [6.45, 7) is 0.665. The summed E-state index contributed by atoms with van der Waals surface area (Å²) in [6.07, 6.45) is 11.5. The van der Waals surface area contributed by atoms with Crippen LogP contribution in [-0.2, 0) is 0 Å². The van der Waals surface area contributed by atoms with Crippen molar-refractivity contribution in [2.45, 2.75) is 57.8 Å². The van der Waals surface area contributed by atoms with Crippen LogP contribution < -0.4 is 0 Å². The predicted octanol–water partition coefficient (Wildman–Crippen LogP) is 5.58. The third kappa shape index (κ3) is 22.0. The van der Waals surface area contributed by atoms with Gasteiger partial charge in [0.05, 0.1) is 0 Å². The standard InChI is InChI=1S/C11H23N3S.2ClH/c12-14-13-10-8-6-4-2-1-3-5-7-9-11-15;;/h15H,1-11H2;2*1H. The molecule has 0 saturated carbocycles. The van der Waals surface area contributed by atoms with Crippen LogP contribution >= 0.6 is 37.4 Å². The number of hydrogen-bond donors (Lipinski definition) is 1. The number of halogens is 2. The van der Waals surface area contributed by atoms with Gasteiger partial charge in [0, 0.05) is 11.5 Å². The minimum absolute atomic E-state index is 0. The molecule has 0 bridgehead atoms. The molecule has 6 heteroatoms. The number of azide groups is 1. The van der Waals surface area contributed by atoms with E-state index in [2.05, 4.69) is 22.7 Å². The molecule has 0 aromatic heterocycles. The highest BCUT2D eigenvalue weighted by molar-refractivity contribution is 7.80. The Bertz CT molecular complexity index is 176. The van der Waals surface area contributed by atoms with Gasteiger partial charge in [-0.3, -0.25) is 0 Å². The zero-order valence-electron chi connectivity index (χ0n) is 10.4. The molecular formula is C11H25Cl2N3S. The fourth-order valence-electron chi connectivity index (χ4n) is 1.58. The average molecular weight is 302 g/mol. The van der Waals surface area contributed by atoms with Crippen molar-refractivity contribution in [1.29, 1.82) is 0 Å². The smallest absolute Gasteiger partial charge is 0.0257 e. The Labute approximate surface area is 123 Å². The largest absolute Gasteiger partial charge is 0.179 e. The van der Waals surface area contributed by atoms with Gasteiger partial charge in [0.25, 0.3) is 0 Å². The van der Waals surface area contributed by atoms with Gasteiger partial charge in [-0.1, -0.05) is 50.1 Å². The second-order valence-electron chi connectivity index (χ2n) is 3.86. The van der Waals surface area contributed by atoms with Gasteiger partial charge in [0.2, 0.25) is 0 Å². The second-order valence-corrected chi connectivity index (χ2v) is 4.31. The summed E-state index contributed by atoms with van der Waals surface area (Å²) in [6, 6.07) is 0. The van der Waals surface area contributed by atoms with Gasteiger partial charge < -0.3 is 0 Å². The van der Waals surface area contributed by atoms with Crippen molar-refractivity contribution < 1.29 is 0 Å². The normalized spacial score (nSPS) is 8.76. The first kappa shape index (κ1) is 22.4. The first-order valence-corrected chi connectivity index (χ1v) is 6.66. The lowest BCUT2D eigenvalue weighted by molar-refractivity contribution is 0.568. The van der Waals surface area contributed by atoms with Gasteiger partial charge in [-0.2, -0.15) is 12.6 Å². The van der Waals surface area contributed by atoms with Crippen LogP contribution in [0.2, 0.25) is 0 Å². The molecule has 0 heterocycles. The molecule has 0 amide bonds. The predicted molar refractivity (Wildman–Crippen MR) is 83.9 cm³/mol. The highest BCUT2D eigenvalue weighted by atomic mass is 35.5. The molecular weight excluding hydrogens is 277 g/mol. The molecule has 104 valence electrons. The summed E-state index contributed by atoms with van der Waals surface area (Å²) < 4.78 is 0. The van der Waals surface area contributed by atoms with Crippen LogP contribution in [0.5, 0.6) is 0 Å². The lowest BCUT2D eigenvalue weighted by atomic mass is 10.1. The zero-order chi connectivity index (χ0) is 11.2. The second kappa shape index (κ2) is 21.5. The molecule has 0 spiro atoms. The molecule has 0 N–H and O–H groups in total. The zero-order valence-corrected chi connectivity index (χ0v) is 12.9. The first-order chi connectivity index (χ1) is 7.41. The Kier molecular flexibility index (Phi) is 28.4. The Hall–Kier alpha value is 0.240. The molecule has 0 rings (SSSR count). The van der Waals surface area contributed by atoms with Crippen LogP contribution in [0, 0.1) is 0 Å². The molecule has 3 nitrogen and oxygen atoms in total. The fraction of sp³-hybridized carbons (Fsp3) is 1.00. The van der Waals surface area contributed by atoms with E-state index in [1.807, 2.05) is 0 Å². The van der Waals surface area contributed by atoms with E-state index in [-0.39, 0.29) is 24.8 Å². The van der Waals surface area contributed by atoms with Crippen molar-refractivity contribution in [3.8, 4) is 0 Å². The third-order valence-corrected chi connectivity index (χ3v) is 2.80. The summed E-state index contributed by atoms with van der Waals surface area (Å²) in [7, 11) is 0. The summed E-state index contributed by atoms with van der Waals surface area (Å²) >= 11 is 4.19. The van der Waals surface area contributed by atoms with E-state index >= 15 is 0 Å². The van der Waals surface area contributed by atoms with E-state index < -0.39 is 0 Å². The molecule has 0 aromatic carbocycles. The Balaban J connectivity index is -0.000000980. The third-order valence-electron chi connectivity index (χ3n) is 2.48. The minimum Gasteiger partial charge on any atom is -0.179 e. The molecule has 0 aliphatic carbocycles. The van der Waals surface area contributed by atoms with Gasteiger partial charge in [-0.25, -0.2) is 0 Å². The SMILES string of the molecule is Cl.Cl.[N-]=[N+]=NCCCCCCCCCCCS. The molecule has 0 atom stereocenters. The Morgan fingerprint density at radius 2 is 1.18 bits per heavy atom. The summed E-state index contributed by atoms with van der Waals surface area (Å²) in [5.74, 6) is 1.03. The highest BCUT2D eigenvalue weighted by Crippen LogP contribution is 2.09. The van der Waals surface area contributed by atoms with Gasteiger partial charge >= 0.3 is 0 Å². The van der Waals surface area contributed by atoms with Crippen molar-refractivity contribution in [2.75, 3.05) is 12.3 Å². The van der Waals surface area contributed by atoms with Crippen molar-refractivity contribution in [1.82, 2.24) is 0 Å². The number of hydrogen-bond acceptors (Lipinski definition) is 2. The van der Waals surface area contributed by atoms with Crippen molar-refractivity contribution >= 4 is 37.4 Å². The van der Waals surface area contributed by atoms with Crippen LogP contribution in [0.15, 0.2) is 5.11 Å². The molecule has 0 aromatic rings. The van der Waals surface area contributed by atoms with E-state index in [0.29, 0.717) is 6.54 Å². The summed E-state index contributed by atoms with van der Waals surface area (Å²) in [5.41, 5.74) is 8.06. The molecule has 0 aliphatic heterocycles. The van der Waals surface area contributed by atoms with E-state index in [1.165, 1.54) is 51.4 Å². The molecule has 0 unspecified atom stereocenters. The fourth-order valence-corrected chi connectivity index (χ4v) is 1.80. The monoisotopic (exact) mass is 301 g/mol. The highest BCUT2D eigenvalue weighted by Gasteiger charge is 1.91. The number of thiol groups is 1. The van der Waals surface area contributed by atoms with Gasteiger partial charge in [-0.05, 0) is 24.1 Å². The quantitative estimate of drug-likeness (QED) is 0.170. The molecule has 0 aliphatic rings. The van der Waals surface area contributed by atoms with Gasteiger partial charge in [0.1, 0.15) is 0 Å². The van der Waals surface area contributed by atoms with Gasteiger partial charge in [-0.15, -0.1) is 24.8 Å². The number of unbranched alkanes of at least 4 members (excludes halogenated alkanes) is 8. The van der Waals surface area contributed by atoms with E-state index in [9.17, 15) is 0 Å². The van der Waals surface area contributed by atoms with Crippen LogP contribution in [-0.4, -0.2) is 12.3 Å². The van der Waals surface area contributed by atoms with E-state index in [1.54, 1.807) is 0 Å². The maximum atomic E-state index is 8.06. The Morgan fingerprint density at radius 3 is 1.59 bits per heavy atom. The molecule has 17 heavy (non-hydrogen) atoms. The van der Waals surface area contributed by atoms with Crippen LogP contribution in [0.4, 0.5) is 0 Å². The van der Waals surface area contributed by atoms with Crippen molar-refractivity contribution in [3.63, 3.8) is 0 Å². The molecule has 0 fully saturated rings. The Morgan fingerprint density at radius 1 is 0.765 bits per heavy atom. The van der Waals surface area contributed by atoms with E-state index in [4.69, 9.17) is 5.53 Å². The van der Waals surface area contributed by atoms with E-state index in [0.717, 1.165) is 12.2 Å². The lowest BCUT2D eigenvalue weighted by Gasteiger charge is -2.00. The first-order valence-electron chi connectivity index (χ1n) is 6.03. The number of rotatable bonds is 11. The molecule has 0 radical (unpaired) electrons. The maximum absolute atomic E-state index is 8.06. The van der Waals surface area contributed by atoms with Crippen LogP contribution in [0.25, 0.3) is 10.4 Å². The number of nitrogens with zero attached hydrogens (tertiary/aromatic N) is 3. The van der Waals surface area contributed by atoms with Crippen molar-refractivity contribution in [2.24, 2.45) is 5.11 Å². The topological polar surface area (TPSA) is 48.8 Å². The average Bonchev–Trinajstić information content (AvgIpc) is 2.26. The van der Waals surface area contributed by atoms with Crippen molar-refractivity contribution in [3.05, 3.63) is 10.4 Å². The maximum Gasteiger partial charge on any atom is 0.0257 e. The lowest BCUT2D eigenvalue weighted by Crippen LogP contribution is -1.83. The summed E-state index contributed by atoms with van der Waals surface area (Å²) in [4.78, 5) is 2.73. The van der Waals surface area contributed by atoms with Gasteiger partial charge in [0.15, 0.2) is 0 Å².